The van der Waals surface area contributed by atoms with Crippen molar-refractivity contribution in [1.29, 1.82) is 0 Å². The summed E-state index contributed by atoms with van der Waals surface area (Å²) in [5.41, 5.74) is 1.71. The van der Waals surface area contributed by atoms with Gasteiger partial charge in [-0.1, -0.05) is 30.3 Å². The maximum absolute atomic E-state index is 12.6. The summed E-state index contributed by atoms with van der Waals surface area (Å²) in [6.07, 6.45) is 8.35. The Morgan fingerprint density at radius 2 is 1.93 bits per heavy atom. The van der Waals surface area contributed by atoms with Gasteiger partial charge in [0.1, 0.15) is 11.5 Å². The minimum Gasteiger partial charge on any atom is -0.376 e. The first kappa shape index (κ1) is 20.8. The predicted octanol–water partition coefficient (Wildman–Crippen LogP) is 4.04. The molecule has 2 saturated heterocycles. The summed E-state index contributed by atoms with van der Waals surface area (Å²) in [6.45, 7) is 7.51. The van der Waals surface area contributed by atoms with Gasteiger partial charge in [-0.25, -0.2) is 4.98 Å². The number of benzene rings is 1. The van der Waals surface area contributed by atoms with Crippen LogP contribution in [0.1, 0.15) is 62.0 Å². The largest absolute Gasteiger partial charge is 0.376 e. The fourth-order valence-electron chi connectivity index (χ4n) is 4.94. The van der Waals surface area contributed by atoms with E-state index in [9.17, 15) is 4.79 Å². The monoisotopic (exact) mass is 408 g/mol. The zero-order valence-electron chi connectivity index (χ0n) is 18.1. The van der Waals surface area contributed by atoms with E-state index in [-0.39, 0.29) is 16.9 Å². The number of aromatic nitrogens is 2. The minimum absolute atomic E-state index is 0.0180. The molecule has 0 radical (unpaired) electrons. The van der Waals surface area contributed by atoms with E-state index in [1.807, 2.05) is 4.90 Å². The molecule has 160 valence electrons. The summed E-state index contributed by atoms with van der Waals surface area (Å²) in [4.78, 5) is 23.3. The SMILES string of the molecule is CC1(C)CC(CCNc2cncc(C(=O)N3CCCC3)n2)(c2ccccc2)CCO1. The summed E-state index contributed by atoms with van der Waals surface area (Å²) >= 11 is 0. The van der Waals surface area contributed by atoms with E-state index in [0.717, 1.165) is 58.3 Å². The fraction of sp³-hybridized carbons (Fsp3) is 0.542. The zero-order chi connectivity index (χ0) is 21.0. The molecule has 1 aromatic carbocycles. The number of amides is 1. The van der Waals surface area contributed by atoms with Crippen LogP contribution in [0.25, 0.3) is 0 Å². The zero-order valence-corrected chi connectivity index (χ0v) is 18.1. The normalized spacial score (nSPS) is 23.3. The van der Waals surface area contributed by atoms with Crippen molar-refractivity contribution < 1.29 is 9.53 Å². The molecule has 1 unspecified atom stereocenters. The molecule has 30 heavy (non-hydrogen) atoms. The van der Waals surface area contributed by atoms with E-state index in [2.05, 4.69) is 59.5 Å². The number of nitrogens with zero attached hydrogens (tertiary/aromatic N) is 3. The molecule has 6 nitrogen and oxygen atoms in total. The third-order valence-corrected chi connectivity index (χ3v) is 6.38. The van der Waals surface area contributed by atoms with Crippen LogP contribution in [0.5, 0.6) is 0 Å². The van der Waals surface area contributed by atoms with Crippen LogP contribution in [0, 0.1) is 0 Å². The van der Waals surface area contributed by atoms with Gasteiger partial charge in [0.15, 0.2) is 0 Å². The van der Waals surface area contributed by atoms with Gasteiger partial charge in [0, 0.05) is 31.7 Å². The Morgan fingerprint density at radius 1 is 1.17 bits per heavy atom. The van der Waals surface area contributed by atoms with E-state index in [1.165, 1.54) is 5.56 Å². The number of likely N-dealkylation sites (tertiary alicyclic amines) is 1. The molecule has 0 saturated carbocycles. The quantitative estimate of drug-likeness (QED) is 0.781. The van der Waals surface area contributed by atoms with Gasteiger partial charge >= 0.3 is 0 Å². The fourth-order valence-corrected chi connectivity index (χ4v) is 4.94. The maximum atomic E-state index is 12.6. The number of hydrogen-bond donors (Lipinski definition) is 1. The van der Waals surface area contributed by atoms with Crippen molar-refractivity contribution >= 4 is 11.7 Å². The molecule has 1 N–H and O–H groups in total. The summed E-state index contributed by atoms with van der Waals surface area (Å²) < 4.78 is 6.01. The van der Waals surface area contributed by atoms with Gasteiger partial charge in [0.2, 0.25) is 0 Å². The molecule has 0 aliphatic carbocycles. The smallest absolute Gasteiger partial charge is 0.274 e. The molecule has 3 heterocycles. The van der Waals surface area contributed by atoms with Crippen LogP contribution in [0.3, 0.4) is 0 Å². The van der Waals surface area contributed by atoms with Crippen molar-refractivity contribution in [3.8, 4) is 0 Å². The number of carbonyl (C=O) groups is 1. The van der Waals surface area contributed by atoms with Crippen molar-refractivity contribution in [3.05, 3.63) is 54.0 Å². The first-order chi connectivity index (χ1) is 14.5. The lowest BCUT2D eigenvalue weighted by atomic mass is 9.67. The van der Waals surface area contributed by atoms with Crippen molar-refractivity contribution in [2.75, 3.05) is 31.6 Å². The highest BCUT2D eigenvalue weighted by Gasteiger charge is 2.41. The van der Waals surface area contributed by atoms with Gasteiger partial charge in [-0.05, 0) is 51.5 Å². The number of ether oxygens (including phenoxy) is 1. The molecule has 2 aliphatic rings. The lowest BCUT2D eigenvalue weighted by Gasteiger charge is -2.45. The molecule has 1 atom stereocenters. The lowest BCUT2D eigenvalue weighted by Crippen LogP contribution is -2.44. The van der Waals surface area contributed by atoms with Gasteiger partial charge in [0.05, 0.1) is 18.0 Å². The van der Waals surface area contributed by atoms with Gasteiger partial charge in [-0.15, -0.1) is 0 Å². The molecule has 6 heteroatoms. The summed E-state index contributed by atoms with van der Waals surface area (Å²) in [6, 6.07) is 10.8. The molecule has 0 bridgehead atoms. The van der Waals surface area contributed by atoms with Crippen molar-refractivity contribution in [2.24, 2.45) is 0 Å². The van der Waals surface area contributed by atoms with E-state index < -0.39 is 0 Å². The average molecular weight is 409 g/mol. The molecule has 2 fully saturated rings. The van der Waals surface area contributed by atoms with Gasteiger partial charge in [-0.3, -0.25) is 9.78 Å². The number of hydrogen-bond acceptors (Lipinski definition) is 5. The third kappa shape index (κ3) is 4.64. The number of rotatable bonds is 6. The van der Waals surface area contributed by atoms with Crippen LogP contribution in [0.2, 0.25) is 0 Å². The van der Waals surface area contributed by atoms with Gasteiger partial charge in [0.25, 0.3) is 5.91 Å². The molecule has 2 aliphatic heterocycles. The summed E-state index contributed by atoms with van der Waals surface area (Å²) in [5, 5.41) is 3.41. The van der Waals surface area contributed by atoms with Gasteiger partial charge < -0.3 is 15.0 Å². The molecule has 2 aromatic rings. The van der Waals surface area contributed by atoms with Crippen LogP contribution in [0.15, 0.2) is 42.7 Å². The van der Waals surface area contributed by atoms with Crippen LogP contribution in [-0.4, -0.2) is 52.6 Å². The Balaban J connectivity index is 1.45. The third-order valence-electron chi connectivity index (χ3n) is 6.38. The highest BCUT2D eigenvalue weighted by atomic mass is 16.5. The minimum atomic E-state index is -0.143. The number of nitrogens with one attached hydrogen (secondary N) is 1. The second kappa shape index (κ2) is 8.72. The predicted molar refractivity (Wildman–Crippen MR) is 118 cm³/mol. The van der Waals surface area contributed by atoms with Crippen LogP contribution < -0.4 is 5.32 Å². The Bertz CT molecular complexity index is 865. The van der Waals surface area contributed by atoms with E-state index in [1.54, 1.807) is 12.4 Å². The van der Waals surface area contributed by atoms with E-state index in [0.29, 0.717) is 11.5 Å². The van der Waals surface area contributed by atoms with Crippen molar-refractivity contribution in [2.45, 2.75) is 57.0 Å². The van der Waals surface area contributed by atoms with E-state index >= 15 is 0 Å². The molecular formula is C24H32N4O2. The first-order valence-electron chi connectivity index (χ1n) is 11.0. The Labute approximate surface area is 179 Å². The van der Waals surface area contributed by atoms with Crippen LogP contribution in [-0.2, 0) is 10.2 Å². The molecule has 4 rings (SSSR count). The van der Waals surface area contributed by atoms with Crippen LogP contribution >= 0.6 is 0 Å². The van der Waals surface area contributed by atoms with Crippen LogP contribution in [0.4, 0.5) is 5.82 Å². The van der Waals surface area contributed by atoms with Gasteiger partial charge in [-0.2, -0.15) is 0 Å². The second-order valence-electron chi connectivity index (χ2n) is 9.15. The van der Waals surface area contributed by atoms with Crippen molar-refractivity contribution in [1.82, 2.24) is 14.9 Å². The van der Waals surface area contributed by atoms with Crippen molar-refractivity contribution in [3.63, 3.8) is 0 Å². The number of carbonyl (C=O) groups excluding carboxylic acids is 1. The highest BCUT2D eigenvalue weighted by molar-refractivity contribution is 5.92. The Kier molecular flexibility index (Phi) is 6.04. The first-order valence-corrected chi connectivity index (χ1v) is 11.0. The standard InChI is InChI=1S/C24H32N4O2/c1-23(2)18-24(11-15-30-23,19-8-4-3-5-9-19)10-12-26-21-17-25-16-20(27-21)22(29)28-13-6-7-14-28/h3-5,8-9,16-17H,6-7,10-15,18H2,1-2H3,(H,26,27). The topological polar surface area (TPSA) is 67.4 Å². The number of anilines is 1. The summed E-state index contributed by atoms with van der Waals surface area (Å²) in [7, 11) is 0. The van der Waals surface area contributed by atoms with E-state index in [4.69, 9.17) is 4.74 Å². The summed E-state index contributed by atoms with van der Waals surface area (Å²) in [5.74, 6) is 0.644. The highest BCUT2D eigenvalue weighted by Crippen LogP contribution is 2.43. The average Bonchev–Trinajstić information content (AvgIpc) is 3.28. The molecular weight excluding hydrogens is 376 g/mol. The second-order valence-corrected chi connectivity index (χ2v) is 9.15. The molecule has 0 spiro atoms. The Morgan fingerprint density at radius 3 is 2.67 bits per heavy atom. The molecule has 1 aromatic heterocycles. The lowest BCUT2D eigenvalue weighted by molar-refractivity contribution is -0.0835. The maximum Gasteiger partial charge on any atom is 0.274 e. The Hall–Kier alpha value is -2.47. The molecule has 1 amide bonds.